The molecule has 1 aromatic carbocycles. The van der Waals surface area contributed by atoms with E-state index in [-0.39, 0.29) is 6.10 Å². The molecule has 0 aliphatic heterocycles. The van der Waals surface area contributed by atoms with E-state index in [0.717, 1.165) is 51.0 Å². The first kappa shape index (κ1) is 21.5. The van der Waals surface area contributed by atoms with E-state index in [1.165, 1.54) is 0 Å². The van der Waals surface area contributed by atoms with Gasteiger partial charge in [-0.15, -0.1) is 11.3 Å². The number of hydrogen-bond donors (Lipinski definition) is 1. The normalized spacial score (nSPS) is 11.3. The number of fused-ring (bicyclic) bond motifs is 1. The van der Waals surface area contributed by atoms with Gasteiger partial charge < -0.3 is 19.4 Å². The van der Waals surface area contributed by atoms with E-state index in [1.807, 2.05) is 43.5 Å². The van der Waals surface area contributed by atoms with Gasteiger partial charge in [0.1, 0.15) is 23.6 Å². The minimum atomic E-state index is 0.146. The number of anilines is 1. The van der Waals surface area contributed by atoms with Crippen LogP contribution >= 0.6 is 22.9 Å². The first-order chi connectivity index (χ1) is 14.9. The van der Waals surface area contributed by atoms with Crippen LogP contribution in [0.2, 0.25) is 5.02 Å². The molecule has 6 nitrogen and oxygen atoms in total. The summed E-state index contributed by atoms with van der Waals surface area (Å²) in [6.45, 7) is 7.60. The molecule has 3 aromatic heterocycles. The topological polar surface area (TPSA) is 61.2 Å². The highest BCUT2D eigenvalue weighted by Gasteiger charge is 2.12. The van der Waals surface area contributed by atoms with Crippen LogP contribution in [0.25, 0.3) is 21.5 Å². The number of aromatic nitrogens is 3. The fourth-order valence-electron chi connectivity index (χ4n) is 3.56. The van der Waals surface area contributed by atoms with Crippen molar-refractivity contribution in [3.63, 3.8) is 0 Å². The van der Waals surface area contributed by atoms with Crippen molar-refractivity contribution >= 4 is 39.7 Å². The standard InChI is InChI=1S/C23H25ClN4O2S/c1-14(2)30-17-10-22(31-12-17)19-11-23(27-13-26-19)25-5-6-28-15(3)7-18-20(28)8-16(24)9-21(18)29-4/h7-14H,5-6H2,1-4H3,(H,25,26,27). The Hall–Kier alpha value is -2.77. The van der Waals surface area contributed by atoms with Crippen LogP contribution in [0, 0.1) is 6.92 Å². The van der Waals surface area contributed by atoms with Crippen LogP contribution in [0.3, 0.4) is 0 Å². The van der Waals surface area contributed by atoms with Crippen LogP contribution < -0.4 is 14.8 Å². The summed E-state index contributed by atoms with van der Waals surface area (Å²) in [5, 5.41) is 7.13. The Balaban J connectivity index is 1.47. The van der Waals surface area contributed by atoms with Crippen molar-refractivity contribution in [1.29, 1.82) is 0 Å². The number of nitrogens with one attached hydrogen (secondary N) is 1. The highest BCUT2D eigenvalue weighted by atomic mass is 35.5. The maximum Gasteiger partial charge on any atom is 0.131 e. The molecular formula is C23H25ClN4O2S. The van der Waals surface area contributed by atoms with E-state index in [2.05, 4.69) is 32.8 Å². The van der Waals surface area contributed by atoms with Gasteiger partial charge in [-0.1, -0.05) is 11.6 Å². The smallest absolute Gasteiger partial charge is 0.131 e. The average molecular weight is 457 g/mol. The SMILES string of the molecule is COc1cc(Cl)cc2c1cc(C)n2CCNc1cc(-c2cc(OC(C)C)cs2)ncn1. The molecule has 3 heterocycles. The Kier molecular flexibility index (Phi) is 6.34. The molecule has 0 atom stereocenters. The highest BCUT2D eigenvalue weighted by Crippen LogP contribution is 2.33. The summed E-state index contributed by atoms with van der Waals surface area (Å²) in [6, 6.07) is 9.93. The van der Waals surface area contributed by atoms with Crippen molar-refractivity contribution < 1.29 is 9.47 Å². The molecule has 0 saturated heterocycles. The maximum absolute atomic E-state index is 6.28. The third-order valence-corrected chi connectivity index (χ3v) is 6.03. The molecule has 8 heteroatoms. The Morgan fingerprint density at radius 3 is 2.77 bits per heavy atom. The zero-order chi connectivity index (χ0) is 22.0. The maximum atomic E-state index is 6.28. The fraction of sp³-hybridized carbons (Fsp3) is 0.304. The van der Waals surface area contributed by atoms with E-state index in [1.54, 1.807) is 24.8 Å². The monoisotopic (exact) mass is 456 g/mol. The molecule has 0 aliphatic carbocycles. The summed E-state index contributed by atoms with van der Waals surface area (Å²) >= 11 is 7.90. The van der Waals surface area contributed by atoms with Crippen molar-refractivity contribution in [1.82, 2.24) is 14.5 Å². The summed E-state index contributed by atoms with van der Waals surface area (Å²) in [5.41, 5.74) is 3.08. The van der Waals surface area contributed by atoms with Gasteiger partial charge in [-0.25, -0.2) is 9.97 Å². The van der Waals surface area contributed by atoms with Gasteiger partial charge in [0.2, 0.25) is 0 Å². The number of halogens is 1. The molecule has 0 unspecified atom stereocenters. The summed E-state index contributed by atoms with van der Waals surface area (Å²) in [6.07, 6.45) is 1.73. The first-order valence-electron chi connectivity index (χ1n) is 10.1. The van der Waals surface area contributed by atoms with E-state index in [4.69, 9.17) is 21.1 Å². The van der Waals surface area contributed by atoms with Crippen LogP contribution in [0.4, 0.5) is 5.82 Å². The van der Waals surface area contributed by atoms with Gasteiger partial charge in [-0.05, 0) is 39.0 Å². The zero-order valence-corrected chi connectivity index (χ0v) is 19.5. The predicted octanol–water partition coefficient (Wildman–Crippen LogP) is 6.03. The summed E-state index contributed by atoms with van der Waals surface area (Å²) in [4.78, 5) is 9.83. The first-order valence-corrected chi connectivity index (χ1v) is 11.3. The molecule has 0 radical (unpaired) electrons. The van der Waals surface area contributed by atoms with Gasteiger partial charge in [0.05, 0.1) is 29.3 Å². The van der Waals surface area contributed by atoms with Crippen molar-refractivity contribution in [2.24, 2.45) is 0 Å². The second-order valence-electron chi connectivity index (χ2n) is 7.51. The van der Waals surface area contributed by atoms with Gasteiger partial charge >= 0.3 is 0 Å². The largest absolute Gasteiger partial charge is 0.496 e. The van der Waals surface area contributed by atoms with Crippen molar-refractivity contribution in [3.05, 3.63) is 52.8 Å². The molecule has 0 saturated carbocycles. The van der Waals surface area contributed by atoms with Crippen molar-refractivity contribution in [3.8, 4) is 22.1 Å². The third-order valence-electron chi connectivity index (χ3n) is 4.88. The Bertz CT molecular complexity index is 1200. The van der Waals surface area contributed by atoms with Crippen LogP contribution in [0.5, 0.6) is 11.5 Å². The van der Waals surface area contributed by atoms with Crippen molar-refractivity contribution in [2.75, 3.05) is 19.0 Å². The number of aryl methyl sites for hydroxylation is 1. The van der Waals surface area contributed by atoms with Crippen LogP contribution in [0.15, 0.2) is 42.0 Å². The van der Waals surface area contributed by atoms with E-state index in [9.17, 15) is 0 Å². The number of rotatable bonds is 8. The molecule has 1 N–H and O–H groups in total. The Morgan fingerprint density at radius 1 is 1.16 bits per heavy atom. The van der Waals surface area contributed by atoms with E-state index >= 15 is 0 Å². The lowest BCUT2D eigenvalue weighted by molar-refractivity contribution is 0.243. The molecule has 0 fully saturated rings. The van der Waals surface area contributed by atoms with Crippen LogP contribution in [-0.4, -0.2) is 34.3 Å². The predicted molar refractivity (Wildman–Crippen MR) is 128 cm³/mol. The fourth-order valence-corrected chi connectivity index (χ4v) is 4.55. The molecule has 0 aliphatic rings. The van der Waals surface area contributed by atoms with E-state index in [0.29, 0.717) is 11.6 Å². The van der Waals surface area contributed by atoms with Crippen LogP contribution in [0.1, 0.15) is 19.5 Å². The second kappa shape index (κ2) is 9.16. The zero-order valence-electron chi connectivity index (χ0n) is 18.0. The molecule has 0 amide bonds. The molecule has 162 valence electrons. The molecule has 4 rings (SSSR count). The lowest BCUT2D eigenvalue weighted by Crippen LogP contribution is -2.12. The van der Waals surface area contributed by atoms with Gasteiger partial charge in [0, 0.05) is 46.7 Å². The molecule has 0 bridgehead atoms. The molecule has 0 spiro atoms. The lowest BCUT2D eigenvalue weighted by Gasteiger charge is -2.11. The summed E-state index contributed by atoms with van der Waals surface area (Å²) in [7, 11) is 1.66. The number of hydrogen-bond acceptors (Lipinski definition) is 6. The minimum Gasteiger partial charge on any atom is -0.496 e. The molecule has 31 heavy (non-hydrogen) atoms. The van der Waals surface area contributed by atoms with Crippen LogP contribution in [-0.2, 0) is 6.54 Å². The lowest BCUT2D eigenvalue weighted by atomic mass is 10.2. The second-order valence-corrected chi connectivity index (χ2v) is 8.85. The van der Waals surface area contributed by atoms with Gasteiger partial charge in [-0.3, -0.25) is 0 Å². The number of nitrogens with zero attached hydrogens (tertiary/aromatic N) is 3. The third kappa shape index (κ3) is 4.78. The Morgan fingerprint density at radius 2 is 2.00 bits per heavy atom. The average Bonchev–Trinajstić information content (AvgIpc) is 3.32. The number of ether oxygens (including phenoxy) is 2. The van der Waals surface area contributed by atoms with E-state index < -0.39 is 0 Å². The highest BCUT2D eigenvalue weighted by molar-refractivity contribution is 7.13. The van der Waals surface area contributed by atoms with Gasteiger partial charge in [0.15, 0.2) is 0 Å². The molecular weight excluding hydrogens is 432 g/mol. The van der Waals surface area contributed by atoms with Crippen molar-refractivity contribution in [2.45, 2.75) is 33.4 Å². The van der Waals surface area contributed by atoms with Gasteiger partial charge in [-0.2, -0.15) is 0 Å². The quantitative estimate of drug-likeness (QED) is 0.350. The molecule has 4 aromatic rings. The number of benzene rings is 1. The Labute approximate surface area is 190 Å². The number of methoxy groups -OCH3 is 1. The minimum absolute atomic E-state index is 0.146. The summed E-state index contributed by atoms with van der Waals surface area (Å²) < 4.78 is 13.5. The summed E-state index contributed by atoms with van der Waals surface area (Å²) in [5.74, 6) is 2.44. The number of thiophene rings is 1. The van der Waals surface area contributed by atoms with Gasteiger partial charge in [0.25, 0.3) is 0 Å².